The van der Waals surface area contributed by atoms with Crippen molar-refractivity contribution in [3.63, 3.8) is 0 Å². The van der Waals surface area contributed by atoms with Crippen LogP contribution in [-0.4, -0.2) is 26.6 Å². The van der Waals surface area contributed by atoms with Crippen LogP contribution in [0.15, 0.2) is 30.3 Å². The number of carbonyl (C=O) groups is 1. The third-order valence-electron chi connectivity index (χ3n) is 3.17. The Morgan fingerprint density at radius 2 is 1.89 bits per heavy atom. The van der Waals surface area contributed by atoms with Crippen molar-refractivity contribution in [2.45, 2.75) is 25.4 Å². The van der Waals surface area contributed by atoms with Crippen LogP contribution in [0.4, 0.5) is 0 Å². The number of benzene rings is 1. The molecular weight excluding hydrogens is 252 g/mol. The van der Waals surface area contributed by atoms with Gasteiger partial charge in [0.15, 0.2) is 5.78 Å². The van der Waals surface area contributed by atoms with Crippen LogP contribution in [0, 0.1) is 5.92 Å². The first-order chi connectivity index (χ1) is 8.47. The normalized spacial score (nSPS) is 18.1. The summed E-state index contributed by atoms with van der Waals surface area (Å²) >= 11 is 0. The van der Waals surface area contributed by atoms with Gasteiger partial charge in [-0.15, -0.1) is 0 Å². The average Bonchev–Trinajstić information content (AvgIpc) is 2.24. The number of carbonyl (C=O) groups excluding carboxylic acids is 1. The van der Waals surface area contributed by atoms with Gasteiger partial charge in [-0.3, -0.25) is 8.98 Å². The second-order valence-electron chi connectivity index (χ2n) is 4.64. The Hall–Kier alpha value is -1.20. The fourth-order valence-corrected chi connectivity index (χ4v) is 2.66. The first kappa shape index (κ1) is 13.2. The minimum absolute atomic E-state index is 0.0208. The lowest BCUT2D eigenvalue weighted by Gasteiger charge is -2.31. The summed E-state index contributed by atoms with van der Waals surface area (Å²) in [6, 6.07) is 8.68. The second-order valence-corrected chi connectivity index (χ2v) is 6.24. The highest BCUT2D eigenvalue weighted by Gasteiger charge is 2.36. The Morgan fingerprint density at radius 1 is 1.28 bits per heavy atom. The van der Waals surface area contributed by atoms with E-state index >= 15 is 0 Å². The summed E-state index contributed by atoms with van der Waals surface area (Å²) in [6.07, 6.45) is 2.83. The number of hydrogen-bond donors (Lipinski definition) is 0. The minimum Gasteiger partial charge on any atom is -0.291 e. The number of rotatable bonds is 5. The number of hydrogen-bond acceptors (Lipinski definition) is 4. The quantitative estimate of drug-likeness (QED) is 0.605. The van der Waals surface area contributed by atoms with E-state index in [2.05, 4.69) is 0 Å². The zero-order valence-electron chi connectivity index (χ0n) is 10.2. The largest absolute Gasteiger partial charge is 0.291 e. The first-order valence-electron chi connectivity index (χ1n) is 5.95. The Kier molecular flexibility index (Phi) is 3.82. The summed E-state index contributed by atoms with van der Waals surface area (Å²) in [6.45, 7) is 0. The smallest absolute Gasteiger partial charge is 0.265 e. The predicted octanol–water partition coefficient (Wildman–Crippen LogP) is 2.01. The topological polar surface area (TPSA) is 60.4 Å². The summed E-state index contributed by atoms with van der Waals surface area (Å²) in [5, 5.41) is 0. The van der Waals surface area contributed by atoms with Gasteiger partial charge in [-0.25, -0.2) is 0 Å². The molecule has 1 aromatic carbocycles. The Bertz CT molecular complexity index is 517. The molecule has 1 aliphatic rings. The summed E-state index contributed by atoms with van der Waals surface area (Å²) in [7, 11) is -3.62. The fraction of sp³-hybridized carbons (Fsp3) is 0.462. The van der Waals surface area contributed by atoms with Gasteiger partial charge in [0.25, 0.3) is 10.1 Å². The van der Waals surface area contributed by atoms with E-state index < -0.39 is 16.2 Å². The summed E-state index contributed by atoms with van der Waals surface area (Å²) < 4.78 is 27.5. The molecule has 2 rings (SSSR count). The molecule has 18 heavy (non-hydrogen) atoms. The van der Waals surface area contributed by atoms with E-state index in [1.807, 2.05) is 6.07 Å². The summed E-state index contributed by atoms with van der Waals surface area (Å²) in [5.41, 5.74) is 0.498. The van der Waals surface area contributed by atoms with Crippen molar-refractivity contribution in [3.8, 4) is 0 Å². The molecule has 0 bridgehead atoms. The van der Waals surface area contributed by atoms with Crippen LogP contribution in [0.5, 0.6) is 0 Å². The van der Waals surface area contributed by atoms with Gasteiger partial charge in [-0.1, -0.05) is 36.8 Å². The number of Topliss-reactive ketones (excluding diaryl/α,β-unsaturated/α-hetero) is 1. The Balaban J connectivity index is 2.21. The highest BCUT2D eigenvalue weighted by Crippen LogP contribution is 2.33. The van der Waals surface area contributed by atoms with E-state index in [1.165, 1.54) is 0 Å². The molecule has 0 aliphatic heterocycles. The highest BCUT2D eigenvalue weighted by atomic mass is 32.2. The van der Waals surface area contributed by atoms with E-state index in [9.17, 15) is 13.2 Å². The lowest BCUT2D eigenvalue weighted by Crippen LogP contribution is -2.38. The maximum atomic E-state index is 12.3. The molecule has 1 aromatic rings. The van der Waals surface area contributed by atoms with Crippen LogP contribution in [0.25, 0.3) is 0 Å². The van der Waals surface area contributed by atoms with E-state index in [0.717, 1.165) is 25.5 Å². The van der Waals surface area contributed by atoms with Crippen LogP contribution in [0.1, 0.15) is 29.6 Å². The molecule has 1 unspecified atom stereocenters. The van der Waals surface area contributed by atoms with Gasteiger partial charge in [-0.05, 0) is 18.8 Å². The van der Waals surface area contributed by atoms with Gasteiger partial charge < -0.3 is 0 Å². The molecule has 0 heterocycles. The molecule has 0 saturated heterocycles. The van der Waals surface area contributed by atoms with Crippen LogP contribution in [-0.2, 0) is 14.3 Å². The van der Waals surface area contributed by atoms with E-state index in [0.29, 0.717) is 5.56 Å². The summed E-state index contributed by atoms with van der Waals surface area (Å²) in [4.78, 5) is 12.3. The molecule has 98 valence electrons. The van der Waals surface area contributed by atoms with Crippen LogP contribution < -0.4 is 0 Å². The molecule has 0 N–H and O–H groups in total. The van der Waals surface area contributed by atoms with E-state index in [1.54, 1.807) is 24.3 Å². The van der Waals surface area contributed by atoms with Gasteiger partial charge in [0.05, 0.1) is 6.26 Å². The molecule has 0 spiro atoms. The standard InChI is InChI=1S/C13H16O4S/c1-18(15,16)17-13(11-8-5-9-11)12(14)10-6-3-2-4-7-10/h2-4,6-7,11,13H,5,8-9H2,1H3. The first-order valence-corrected chi connectivity index (χ1v) is 7.76. The van der Waals surface area contributed by atoms with Crippen molar-refractivity contribution < 1.29 is 17.4 Å². The van der Waals surface area contributed by atoms with Gasteiger partial charge in [0.2, 0.25) is 0 Å². The molecule has 0 aromatic heterocycles. The average molecular weight is 268 g/mol. The maximum absolute atomic E-state index is 12.3. The van der Waals surface area contributed by atoms with E-state index in [4.69, 9.17) is 4.18 Å². The molecule has 5 heteroatoms. The zero-order chi connectivity index (χ0) is 13.2. The van der Waals surface area contributed by atoms with Gasteiger partial charge >= 0.3 is 0 Å². The minimum atomic E-state index is -3.62. The van der Waals surface area contributed by atoms with Crippen molar-refractivity contribution in [1.82, 2.24) is 0 Å². The molecule has 1 fully saturated rings. The lowest BCUT2D eigenvalue weighted by molar-refractivity contribution is 0.0564. The highest BCUT2D eigenvalue weighted by molar-refractivity contribution is 7.86. The van der Waals surface area contributed by atoms with Crippen molar-refractivity contribution in [3.05, 3.63) is 35.9 Å². The zero-order valence-corrected chi connectivity index (χ0v) is 11.0. The van der Waals surface area contributed by atoms with Crippen molar-refractivity contribution >= 4 is 15.9 Å². The lowest BCUT2D eigenvalue weighted by atomic mass is 9.79. The SMILES string of the molecule is CS(=O)(=O)OC(C(=O)c1ccccc1)C1CCC1. The molecule has 1 saturated carbocycles. The van der Waals surface area contributed by atoms with E-state index in [-0.39, 0.29) is 11.7 Å². The maximum Gasteiger partial charge on any atom is 0.265 e. The predicted molar refractivity (Wildman–Crippen MR) is 67.8 cm³/mol. The van der Waals surface area contributed by atoms with Crippen molar-refractivity contribution in [2.24, 2.45) is 5.92 Å². The molecule has 4 nitrogen and oxygen atoms in total. The van der Waals surface area contributed by atoms with Crippen molar-refractivity contribution in [1.29, 1.82) is 0 Å². The summed E-state index contributed by atoms with van der Waals surface area (Å²) in [5.74, 6) is -0.224. The molecule has 1 atom stereocenters. The molecule has 0 radical (unpaired) electrons. The third kappa shape index (κ3) is 3.17. The Labute approximate surface area is 107 Å². The third-order valence-corrected chi connectivity index (χ3v) is 3.73. The fourth-order valence-electron chi connectivity index (χ4n) is 2.03. The van der Waals surface area contributed by atoms with Gasteiger partial charge in [-0.2, -0.15) is 8.42 Å². The van der Waals surface area contributed by atoms with Gasteiger partial charge in [0.1, 0.15) is 6.10 Å². The van der Waals surface area contributed by atoms with Crippen LogP contribution in [0.2, 0.25) is 0 Å². The van der Waals surface area contributed by atoms with Crippen LogP contribution >= 0.6 is 0 Å². The van der Waals surface area contributed by atoms with Gasteiger partial charge in [0, 0.05) is 5.56 Å². The molecular formula is C13H16O4S. The second kappa shape index (κ2) is 5.20. The number of ketones is 1. The van der Waals surface area contributed by atoms with Crippen molar-refractivity contribution in [2.75, 3.05) is 6.26 Å². The molecule has 1 aliphatic carbocycles. The van der Waals surface area contributed by atoms with Crippen LogP contribution in [0.3, 0.4) is 0 Å². The monoisotopic (exact) mass is 268 g/mol. The Morgan fingerprint density at radius 3 is 2.33 bits per heavy atom. The molecule has 0 amide bonds.